The van der Waals surface area contributed by atoms with E-state index in [0.717, 1.165) is 0 Å². The molecule has 0 saturated carbocycles. The monoisotopic (exact) mass is 208 g/mol. The summed E-state index contributed by atoms with van der Waals surface area (Å²) in [5.41, 5.74) is 1.87. The van der Waals surface area contributed by atoms with Crippen molar-refractivity contribution >= 4 is 11.9 Å². The zero-order valence-electron chi connectivity index (χ0n) is 8.15. The molecule has 0 unspecified atom stereocenters. The minimum absolute atomic E-state index is 0.591. The van der Waals surface area contributed by atoms with Gasteiger partial charge in [-0.3, -0.25) is 11.3 Å². The van der Waals surface area contributed by atoms with E-state index >= 15 is 0 Å². The predicted octanol–water partition coefficient (Wildman–Crippen LogP) is -1.23. The average molecular weight is 208 g/mol. The van der Waals surface area contributed by atoms with Gasteiger partial charge in [-0.15, -0.1) is 0 Å². The van der Waals surface area contributed by atoms with Crippen LogP contribution in [0.5, 0.6) is 0 Å². The number of aliphatic hydroxyl groups is 1. The molecule has 14 heavy (non-hydrogen) atoms. The molecule has 6 N–H and O–H groups in total. The highest BCUT2D eigenvalue weighted by molar-refractivity contribution is 6.27. The molecule has 0 atom stereocenters. The normalized spacial score (nSPS) is 10.0. The summed E-state index contributed by atoms with van der Waals surface area (Å²) in [6, 6.07) is 0. The molecule has 0 fully saturated rings. The molecule has 0 aliphatic heterocycles. The highest BCUT2D eigenvalue weighted by Gasteiger charge is 2.09. The fourth-order valence-electron chi connectivity index (χ4n) is 0.378. The number of hydrogen-bond donors (Lipinski definition) is 5. The maximum Gasteiger partial charge on any atom is 0.414 e. The first kappa shape index (κ1) is 15.3. The van der Waals surface area contributed by atoms with Crippen molar-refractivity contribution in [2.24, 2.45) is 5.84 Å². The van der Waals surface area contributed by atoms with Gasteiger partial charge in [0.1, 0.15) is 0 Å². The summed E-state index contributed by atoms with van der Waals surface area (Å²) in [5, 5.41) is 23.8. The van der Waals surface area contributed by atoms with E-state index in [1.807, 2.05) is 0 Å². The fraction of sp³-hybridized carbons (Fsp3) is 0.714. The summed E-state index contributed by atoms with van der Waals surface area (Å²) in [6.45, 7) is 4.16. The lowest BCUT2D eigenvalue weighted by Crippen LogP contribution is -2.30. The maximum absolute atomic E-state index is 9.10. The van der Waals surface area contributed by atoms with Crippen molar-refractivity contribution in [1.82, 2.24) is 5.43 Å². The zero-order chi connectivity index (χ0) is 11.8. The first-order valence-electron chi connectivity index (χ1n) is 3.82. The van der Waals surface area contributed by atoms with Gasteiger partial charge in [0.05, 0.1) is 5.60 Å². The standard InChI is InChI=1S/C5H14N2O.C2H2O4/c1-5(2,8)3-4-7-6;3-1(4)2(5)6/h7-8H,3-4,6H2,1-2H3;(H,3,4)(H,5,6). The molecule has 0 aromatic carbocycles. The van der Waals surface area contributed by atoms with E-state index in [9.17, 15) is 0 Å². The lowest BCUT2D eigenvalue weighted by Gasteiger charge is -2.15. The smallest absolute Gasteiger partial charge is 0.414 e. The Kier molecular flexibility index (Phi) is 7.92. The van der Waals surface area contributed by atoms with Crippen molar-refractivity contribution in [2.75, 3.05) is 6.54 Å². The third kappa shape index (κ3) is 17.1. The minimum atomic E-state index is -1.82. The van der Waals surface area contributed by atoms with E-state index in [4.69, 9.17) is 30.8 Å². The number of aliphatic carboxylic acids is 2. The Hall–Kier alpha value is -1.18. The molecule has 0 amide bonds. The lowest BCUT2D eigenvalue weighted by molar-refractivity contribution is -0.159. The molecular formula is C7H16N2O5. The molecule has 0 heterocycles. The average Bonchev–Trinajstić information content (AvgIpc) is 2.00. The molecule has 0 aromatic rings. The molecular weight excluding hydrogens is 192 g/mol. The third-order valence-electron chi connectivity index (χ3n) is 1.06. The molecule has 0 aromatic heterocycles. The van der Waals surface area contributed by atoms with Gasteiger partial charge in [-0.05, 0) is 20.3 Å². The highest BCUT2D eigenvalue weighted by atomic mass is 16.4. The van der Waals surface area contributed by atoms with E-state index < -0.39 is 17.5 Å². The van der Waals surface area contributed by atoms with E-state index in [1.54, 1.807) is 13.8 Å². The van der Waals surface area contributed by atoms with Gasteiger partial charge in [0.2, 0.25) is 0 Å². The van der Waals surface area contributed by atoms with Crippen LogP contribution in [0, 0.1) is 0 Å². The Morgan fingerprint density at radius 1 is 1.29 bits per heavy atom. The topological polar surface area (TPSA) is 133 Å². The van der Waals surface area contributed by atoms with Crippen LogP contribution in [0.15, 0.2) is 0 Å². The molecule has 0 saturated heterocycles. The maximum atomic E-state index is 9.10. The summed E-state index contributed by atoms with van der Waals surface area (Å²) in [6.07, 6.45) is 0.684. The van der Waals surface area contributed by atoms with Crippen LogP contribution in [0.3, 0.4) is 0 Å². The van der Waals surface area contributed by atoms with Crippen LogP contribution in [0.4, 0.5) is 0 Å². The quantitative estimate of drug-likeness (QED) is 0.223. The number of rotatable bonds is 3. The van der Waals surface area contributed by atoms with Crippen molar-refractivity contribution in [3.05, 3.63) is 0 Å². The van der Waals surface area contributed by atoms with E-state index in [-0.39, 0.29) is 0 Å². The van der Waals surface area contributed by atoms with Gasteiger partial charge < -0.3 is 15.3 Å². The van der Waals surface area contributed by atoms with Crippen molar-refractivity contribution in [2.45, 2.75) is 25.9 Å². The number of hydrazine groups is 1. The Bertz CT molecular complexity index is 175. The Morgan fingerprint density at radius 2 is 1.64 bits per heavy atom. The zero-order valence-corrected chi connectivity index (χ0v) is 8.15. The van der Waals surface area contributed by atoms with Crippen LogP contribution in [0.1, 0.15) is 20.3 Å². The molecule has 0 aliphatic rings. The van der Waals surface area contributed by atoms with Gasteiger partial charge in [0.25, 0.3) is 0 Å². The molecule has 7 nitrogen and oxygen atoms in total. The second-order valence-electron chi connectivity index (χ2n) is 3.13. The number of nitrogens with one attached hydrogen (secondary N) is 1. The first-order valence-corrected chi connectivity index (χ1v) is 3.82. The predicted molar refractivity (Wildman–Crippen MR) is 48.4 cm³/mol. The second-order valence-corrected chi connectivity index (χ2v) is 3.13. The van der Waals surface area contributed by atoms with Crippen LogP contribution < -0.4 is 11.3 Å². The van der Waals surface area contributed by atoms with E-state index in [2.05, 4.69) is 5.43 Å². The van der Waals surface area contributed by atoms with Crippen molar-refractivity contribution in [3.63, 3.8) is 0 Å². The number of carboxylic acids is 2. The molecule has 0 aliphatic carbocycles. The minimum Gasteiger partial charge on any atom is -0.473 e. The Labute approximate surface area is 81.5 Å². The van der Waals surface area contributed by atoms with Crippen LogP contribution in [-0.2, 0) is 9.59 Å². The summed E-state index contributed by atoms with van der Waals surface area (Å²) >= 11 is 0. The third-order valence-corrected chi connectivity index (χ3v) is 1.06. The summed E-state index contributed by atoms with van der Waals surface area (Å²) in [5.74, 6) is 1.33. The molecule has 84 valence electrons. The number of nitrogens with two attached hydrogens (primary N) is 1. The molecule has 0 rings (SSSR count). The van der Waals surface area contributed by atoms with Gasteiger partial charge in [0.15, 0.2) is 0 Å². The number of carbonyl (C=O) groups is 2. The highest BCUT2D eigenvalue weighted by Crippen LogP contribution is 2.03. The van der Waals surface area contributed by atoms with Gasteiger partial charge in [-0.1, -0.05) is 0 Å². The van der Waals surface area contributed by atoms with Gasteiger partial charge in [-0.25, -0.2) is 9.59 Å². The SMILES string of the molecule is CC(C)(O)CCNN.O=C(O)C(=O)O. The van der Waals surface area contributed by atoms with Gasteiger partial charge in [0, 0.05) is 6.54 Å². The second kappa shape index (κ2) is 7.25. The van der Waals surface area contributed by atoms with Crippen molar-refractivity contribution in [1.29, 1.82) is 0 Å². The number of carboxylic acid groups (broad SMARTS) is 2. The van der Waals surface area contributed by atoms with Crippen LogP contribution in [-0.4, -0.2) is 39.4 Å². The molecule has 0 bridgehead atoms. The van der Waals surface area contributed by atoms with Crippen LogP contribution >= 0.6 is 0 Å². The largest absolute Gasteiger partial charge is 0.473 e. The lowest BCUT2D eigenvalue weighted by atomic mass is 10.1. The summed E-state index contributed by atoms with van der Waals surface area (Å²) in [4.78, 5) is 18.2. The summed E-state index contributed by atoms with van der Waals surface area (Å²) in [7, 11) is 0. The number of hydrogen-bond acceptors (Lipinski definition) is 5. The molecule has 7 heteroatoms. The van der Waals surface area contributed by atoms with Gasteiger partial charge >= 0.3 is 11.9 Å². The van der Waals surface area contributed by atoms with Crippen LogP contribution in [0.25, 0.3) is 0 Å². The van der Waals surface area contributed by atoms with Crippen molar-refractivity contribution in [3.8, 4) is 0 Å². The van der Waals surface area contributed by atoms with Crippen LogP contribution in [0.2, 0.25) is 0 Å². The molecule has 0 spiro atoms. The Balaban J connectivity index is 0. The Morgan fingerprint density at radius 3 is 1.71 bits per heavy atom. The van der Waals surface area contributed by atoms with E-state index in [1.165, 1.54) is 0 Å². The summed E-state index contributed by atoms with van der Waals surface area (Å²) < 4.78 is 0. The molecule has 0 radical (unpaired) electrons. The fourth-order valence-corrected chi connectivity index (χ4v) is 0.378. The first-order chi connectivity index (χ1) is 6.20. The van der Waals surface area contributed by atoms with E-state index in [0.29, 0.717) is 13.0 Å². The van der Waals surface area contributed by atoms with Gasteiger partial charge in [-0.2, -0.15) is 0 Å². The van der Waals surface area contributed by atoms with Crippen molar-refractivity contribution < 1.29 is 24.9 Å².